The molecule has 1 aliphatic rings. The van der Waals surface area contributed by atoms with Gasteiger partial charge in [0, 0.05) is 37.8 Å². The largest absolute Gasteiger partial charge is 0.463 e. The summed E-state index contributed by atoms with van der Waals surface area (Å²) in [5.41, 5.74) is 2.81. The number of nitro groups is 1. The van der Waals surface area contributed by atoms with E-state index in [1.165, 1.54) is 6.07 Å². The van der Waals surface area contributed by atoms with Crippen LogP contribution in [0.2, 0.25) is 0 Å². The molecule has 2 aromatic heterocycles. The van der Waals surface area contributed by atoms with Crippen molar-refractivity contribution in [2.45, 2.75) is 33.2 Å². The number of unbranched alkanes of at least 4 members (excludes halogenated alkanes) is 1. The maximum Gasteiger partial charge on any atom is 0.320 e. The second-order valence-electron chi connectivity index (χ2n) is 8.37. The highest BCUT2D eigenvalue weighted by molar-refractivity contribution is 5.83. The van der Waals surface area contributed by atoms with Crippen LogP contribution in [0, 0.1) is 17.0 Å². The van der Waals surface area contributed by atoms with E-state index in [1.54, 1.807) is 17.0 Å². The van der Waals surface area contributed by atoms with Crippen molar-refractivity contribution in [3.63, 3.8) is 0 Å². The summed E-state index contributed by atoms with van der Waals surface area (Å²) < 4.78 is 13.0. The molecule has 182 valence electrons. The molecular formula is C23H31N7O4. The van der Waals surface area contributed by atoms with Crippen molar-refractivity contribution in [2.75, 3.05) is 51.3 Å². The minimum atomic E-state index is -0.360. The van der Waals surface area contributed by atoms with Crippen molar-refractivity contribution in [3.8, 4) is 6.01 Å². The zero-order valence-electron chi connectivity index (χ0n) is 19.7. The maximum absolute atomic E-state index is 11.5. The molecule has 3 aromatic rings. The smallest absolute Gasteiger partial charge is 0.320 e. The topological polar surface area (TPSA) is 120 Å². The average molecular weight is 470 g/mol. The van der Waals surface area contributed by atoms with Gasteiger partial charge in [-0.15, -0.1) is 0 Å². The van der Waals surface area contributed by atoms with Crippen molar-refractivity contribution in [1.29, 1.82) is 0 Å². The van der Waals surface area contributed by atoms with Crippen LogP contribution < -0.4 is 10.1 Å². The van der Waals surface area contributed by atoms with Gasteiger partial charge in [-0.3, -0.25) is 15.0 Å². The second kappa shape index (κ2) is 11.2. The Morgan fingerprint density at radius 2 is 2.09 bits per heavy atom. The van der Waals surface area contributed by atoms with E-state index in [0.717, 1.165) is 51.3 Å². The number of ether oxygens (including phenoxy) is 2. The lowest BCUT2D eigenvalue weighted by atomic mass is 10.1. The molecule has 0 amide bonds. The fourth-order valence-corrected chi connectivity index (χ4v) is 3.90. The van der Waals surface area contributed by atoms with Crippen LogP contribution in [-0.4, -0.2) is 75.3 Å². The van der Waals surface area contributed by atoms with Gasteiger partial charge in [-0.2, -0.15) is 9.97 Å². The van der Waals surface area contributed by atoms with Gasteiger partial charge in [-0.1, -0.05) is 25.0 Å². The molecule has 11 heteroatoms. The Morgan fingerprint density at radius 3 is 2.85 bits per heavy atom. The zero-order valence-corrected chi connectivity index (χ0v) is 19.7. The minimum Gasteiger partial charge on any atom is -0.463 e. The predicted molar refractivity (Wildman–Crippen MR) is 128 cm³/mol. The summed E-state index contributed by atoms with van der Waals surface area (Å²) in [4.78, 5) is 27.2. The molecule has 3 heterocycles. The third-order valence-corrected chi connectivity index (χ3v) is 5.77. The van der Waals surface area contributed by atoms with E-state index in [-0.39, 0.29) is 23.2 Å². The van der Waals surface area contributed by atoms with Crippen LogP contribution in [-0.2, 0) is 11.3 Å². The first-order chi connectivity index (χ1) is 16.5. The number of nitrogens with zero attached hydrogens (tertiary/aromatic N) is 6. The Morgan fingerprint density at radius 1 is 1.26 bits per heavy atom. The van der Waals surface area contributed by atoms with Gasteiger partial charge in [0.2, 0.25) is 0 Å². The van der Waals surface area contributed by atoms with E-state index in [0.29, 0.717) is 35.7 Å². The molecule has 1 aromatic carbocycles. The Bertz CT molecular complexity index is 1130. The fraction of sp³-hybridized carbons (Fsp3) is 0.522. The fourth-order valence-electron chi connectivity index (χ4n) is 3.90. The lowest BCUT2D eigenvalue weighted by Crippen LogP contribution is -2.39. The van der Waals surface area contributed by atoms with E-state index >= 15 is 0 Å². The number of imidazole rings is 1. The number of fused-ring (bicyclic) bond motifs is 1. The molecule has 0 spiro atoms. The van der Waals surface area contributed by atoms with Gasteiger partial charge in [-0.05, 0) is 19.4 Å². The van der Waals surface area contributed by atoms with Gasteiger partial charge >= 0.3 is 6.01 Å². The number of hydrogen-bond donors (Lipinski definition) is 1. The van der Waals surface area contributed by atoms with Crippen molar-refractivity contribution in [3.05, 3.63) is 45.8 Å². The summed E-state index contributed by atoms with van der Waals surface area (Å²) in [6, 6.07) is 5.38. The zero-order chi connectivity index (χ0) is 23.9. The molecule has 4 rings (SSSR count). The maximum atomic E-state index is 11.5. The van der Waals surface area contributed by atoms with Gasteiger partial charge in [0.15, 0.2) is 17.0 Å². The van der Waals surface area contributed by atoms with Gasteiger partial charge in [0.1, 0.15) is 0 Å². The molecule has 34 heavy (non-hydrogen) atoms. The highest BCUT2D eigenvalue weighted by atomic mass is 16.6. The van der Waals surface area contributed by atoms with E-state index < -0.39 is 0 Å². The van der Waals surface area contributed by atoms with E-state index in [4.69, 9.17) is 9.47 Å². The number of aryl methyl sites for hydroxylation is 1. The molecule has 0 unspecified atom stereocenters. The summed E-state index contributed by atoms with van der Waals surface area (Å²) >= 11 is 0. The highest BCUT2D eigenvalue weighted by Gasteiger charge is 2.19. The van der Waals surface area contributed by atoms with E-state index in [9.17, 15) is 10.1 Å². The third kappa shape index (κ3) is 5.78. The lowest BCUT2D eigenvalue weighted by molar-refractivity contribution is -0.385. The Kier molecular flexibility index (Phi) is 7.86. The van der Waals surface area contributed by atoms with Crippen molar-refractivity contribution in [1.82, 2.24) is 24.4 Å². The Hall–Kier alpha value is -3.31. The Labute approximate surface area is 198 Å². The summed E-state index contributed by atoms with van der Waals surface area (Å²) in [5, 5.41) is 14.9. The van der Waals surface area contributed by atoms with Crippen LogP contribution in [0.25, 0.3) is 11.2 Å². The quantitative estimate of drug-likeness (QED) is 0.257. The molecule has 0 radical (unpaired) electrons. The molecule has 1 fully saturated rings. The number of nitro benzene ring substituents is 1. The monoisotopic (exact) mass is 469 g/mol. The molecule has 1 saturated heterocycles. The number of morpholine rings is 1. The molecule has 0 saturated carbocycles. The number of benzene rings is 1. The molecule has 0 atom stereocenters. The third-order valence-electron chi connectivity index (χ3n) is 5.77. The van der Waals surface area contributed by atoms with Gasteiger partial charge in [0.25, 0.3) is 5.69 Å². The molecule has 0 aliphatic carbocycles. The van der Waals surface area contributed by atoms with Crippen LogP contribution in [0.15, 0.2) is 24.5 Å². The number of hydrogen-bond acceptors (Lipinski definition) is 9. The van der Waals surface area contributed by atoms with Crippen LogP contribution in [0.5, 0.6) is 6.01 Å². The minimum absolute atomic E-state index is 0.0739. The number of rotatable bonds is 11. The van der Waals surface area contributed by atoms with Crippen molar-refractivity contribution in [2.24, 2.45) is 0 Å². The SMILES string of the molecule is CCCCOc1nc(NCCN2CCOCC2)c2ncn(Cc3cc(C)ccc3[N+](=O)[O-])c2n1. The normalized spacial score (nSPS) is 14.4. The van der Waals surface area contributed by atoms with Crippen molar-refractivity contribution >= 4 is 22.7 Å². The van der Waals surface area contributed by atoms with Crippen LogP contribution in [0.4, 0.5) is 11.5 Å². The predicted octanol–water partition coefficient (Wildman–Crippen LogP) is 3.01. The molecule has 0 bridgehead atoms. The first-order valence-corrected chi connectivity index (χ1v) is 11.7. The molecule has 11 nitrogen and oxygen atoms in total. The summed E-state index contributed by atoms with van der Waals surface area (Å²) in [5.74, 6) is 0.599. The second-order valence-corrected chi connectivity index (χ2v) is 8.37. The lowest BCUT2D eigenvalue weighted by Gasteiger charge is -2.26. The number of aromatic nitrogens is 4. The first-order valence-electron chi connectivity index (χ1n) is 11.7. The van der Waals surface area contributed by atoms with Crippen LogP contribution >= 0.6 is 0 Å². The van der Waals surface area contributed by atoms with Gasteiger partial charge in [0.05, 0.1) is 37.6 Å². The molecular weight excluding hydrogens is 438 g/mol. The van der Waals surface area contributed by atoms with E-state index in [2.05, 4.69) is 32.1 Å². The van der Waals surface area contributed by atoms with Crippen molar-refractivity contribution < 1.29 is 14.4 Å². The summed E-state index contributed by atoms with van der Waals surface area (Å²) in [7, 11) is 0. The highest BCUT2D eigenvalue weighted by Crippen LogP contribution is 2.26. The Balaban J connectivity index is 1.60. The number of nitrogens with one attached hydrogen (secondary N) is 1. The van der Waals surface area contributed by atoms with Crippen LogP contribution in [0.3, 0.4) is 0 Å². The van der Waals surface area contributed by atoms with E-state index in [1.807, 2.05) is 13.0 Å². The summed E-state index contributed by atoms with van der Waals surface area (Å²) in [6.45, 7) is 9.68. The van der Waals surface area contributed by atoms with Crippen LogP contribution in [0.1, 0.15) is 30.9 Å². The summed E-state index contributed by atoms with van der Waals surface area (Å²) in [6.07, 6.45) is 3.55. The van der Waals surface area contributed by atoms with Gasteiger partial charge < -0.3 is 19.4 Å². The standard InChI is InChI=1S/C23H31N7O4/c1-3-4-11-34-23-26-21(24-7-8-28-9-12-33-13-10-28)20-22(27-23)29(16-25-20)15-18-14-17(2)5-6-19(18)30(31)32/h5-6,14,16H,3-4,7-13,15H2,1-2H3,(H,24,26,27). The van der Waals surface area contributed by atoms with Gasteiger partial charge in [-0.25, -0.2) is 4.98 Å². The average Bonchev–Trinajstić information content (AvgIpc) is 3.22. The molecule has 1 N–H and O–H groups in total. The first kappa shape index (κ1) is 23.8. The molecule has 1 aliphatic heterocycles. The number of anilines is 1.